The van der Waals surface area contributed by atoms with Gasteiger partial charge in [-0.15, -0.1) is 0 Å². The fraction of sp³-hybridized carbons (Fsp3) is 0.389. The van der Waals surface area contributed by atoms with Gasteiger partial charge in [-0.3, -0.25) is 9.78 Å². The summed E-state index contributed by atoms with van der Waals surface area (Å²) in [5.74, 6) is 0.139. The first-order chi connectivity index (χ1) is 12.5. The Morgan fingerprint density at radius 1 is 1.46 bits per heavy atom. The summed E-state index contributed by atoms with van der Waals surface area (Å²) in [5, 5.41) is 9.98. The van der Waals surface area contributed by atoms with Crippen molar-refractivity contribution in [1.82, 2.24) is 9.88 Å². The van der Waals surface area contributed by atoms with E-state index in [0.717, 1.165) is 13.0 Å². The molecule has 0 radical (unpaired) electrons. The molecule has 1 amide bonds. The highest BCUT2D eigenvalue weighted by Crippen LogP contribution is 2.32. The van der Waals surface area contributed by atoms with Crippen molar-refractivity contribution in [1.29, 1.82) is 5.26 Å². The van der Waals surface area contributed by atoms with Crippen LogP contribution in [-0.4, -0.2) is 49.1 Å². The molecule has 1 aromatic heterocycles. The van der Waals surface area contributed by atoms with Crippen molar-refractivity contribution in [2.45, 2.75) is 19.5 Å². The number of halogens is 2. The van der Waals surface area contributed by atoms with Crippen LogP contribution in [0.15, 0.2) is 24.4 Å². The number of alkyl halides is 2. The molecule has 1 aromatic carbocycles. The zero-order chi connectivity index (χ0) is 18.7. The fourth-order valence-corrected chi connectivity index (χ4v) is 3.15. The first kappa shape index (κ1) is 17.9. The molecule has 136 valence electrons. The number of amides is 1. The van der Waals surface area contributed by atoms with E-state index < -0.39 is 6.61 Å². The standard InChI is InChI=1S/C18H18F2N4O2/c1-23(7-8-24-6-2-3-16(24)25)17-12(10-21)11-22-15-5-4-13(9-14(15)17)26-18(19)20/h4-5,9,11,18H,2-3,6-8H2,1H3. The average molecular weight is 360 g/mol. The number of nitriles is 1. The van der Waals surface area contributed by atoms with E-state index in [2.05, 4.69) is 15.8 Å². The summed E-state index contributed by atoms with van der Waals surface area (Å²) < 4.78 is 29.5. The number of carbonyl (C=O) groups is 1. The van der Waals surface area contributed by atoms with E-state index in [9.17, 15) is 18.8 Å². The summed E-state index contributed by atoms with van der Waals surface area (Å²) in [4.78, 5) is 19.6. The van der Waals surface area contributed by atoms with Gasteiger partial charge in [-0.05, 0) is 24.6 Å². The molecule has 1 aliphatic heterocycles. The highest BCUT2D eigenvalue weighted by atomic mass is 19.3. The van der Waals surface area contributed by atoms with E-state index in [-0.39, 0.29) is 11.7 Å². The van der Waals surface area contributed by atoms with Gasteiger partial charge in [0.1, 0.15) is 11.8 Å². The molecular weight excluding hydrogens is 342 g/mol. The Labute approximate surface area is 149 Å². The van der Waals surface area contributed by atoms with Gasteiger partial charge in [0.15, 0.2) is 0 Å². The molecule has 26 heavy (non-hydrogen) atoms. The zero-order valence-electron chi connectivity index (χ0n) is 14.3. The van der Waals surface area contributed by atoms with Crippen LogP contribution >= 0.6 is 0 Å². The lowest BCUT2D eigenvalue weighted by Gasteiger charge is -2.25. The van der Waals surface area contributed by atoms with Crippen molar-refractivity contribution in [3.63, 3.8) is 0 Å². The molecule has 1 fully saturated rings. The number of rotatable bonds is 6. The molecule has 0 unspecified atom stereocenters. The minimum atomic E-state index is -2.93. The minimum Gasteiger partial charge on any atom is -0.435 e. The third-order valence-corrected chi connectivity index (χ3v) is 4.42. The topological polar surface area (TPSA) is 69.5 Å². The van der Waals surface area contributed by atoms with Crippen LogP contribution in [0.25, 0.3) is 10.9 Å². The number of ether oxygens (including phenoxy) is 1. The highest BCUT2D eigenvalue weighted by Gasteiger charge is 2.21. The SMILES string of the molecule is CN(CCN1CCCC1=O)c1c(C#N)cnc2ccc(OC(F)F)cc12. The van der Waals surface area contributed by atoms with Crippen LogP contribution in [0.5, 0.6) is 5.75 Å². The van der Waals surface area contributed by atoms with Crippen molar-refractivity contribution < 1.29 is 18.3 Å². The molecule has 0 saturated carbocycles. The molecule has 2 heterocycles. The molecule has 0 bridgehead atoms. The maximum Gasteiger partial charge on any atom is 0.387 e. The second kappa shape index (κ2) is 7.52. The van der Waals surface area contributed by atoms with E-state index in [1.54, 1.807) is 18.0 Å². The van der Waals surface area contributed by atoms with E-state index in [4.69, 9.17) is 0 Å². The van der Waals surface area contributed by atoms with E-state index in [1.165, 1.54) is 18.3 Å². The van der Waals surface area contributed by atoms with Crippen LogP contribution in [0.1, 0.15) is 18.4 Å². The normalized spacial score (nSPS) is 14.1. The van der Waals surface area contributed by atoms with Gasteiger partial charge in [0.25, 0.3) is 0 Å². The predicted molar refractivity (Wildman–Crippen MR) is 92.2 cm³/mol. The molecule has 0 spiro atoms. The van der Waals surface area contributed by atoms with Gasteiger partial charge in [0.05, 0.1) is 16.8 Å². The first-order valence-electron chi connectivity index (χ1n) is 8.26. The maximum absolute atomic E-state index is 12.5. The van der Waals surface area contributed by atoms with Gasteiger partial charge in [-0.1, -0.05) is 0 Å². The third kappa shape index (κ3) is 3.67. The number of hydrogen-bond acceptors (Lipinski definition) is 5. The molecule has 8 heteroatoms. The summed E-state index contributed by atoms with van der Waals surface area (Å²) in [6, 6.07) is 6.55. The van der Waals surface area contributed by atoms with Gasteiger partial charge in [0, 0.05) is 44.7 Å². The lowest BCUT2D eigenvalue weighted by Crippen LogP contribution is -2.34. The number of fused-ring (bicyclic) bond motifs is 1. The van der Waals surface area contributed by atoms with Crippen LogP contribution in [0.2, 0.25) is 0 Å². The zero-order valence-corrected chi connectivity index (χ0v) is 14.3. The molecule has 0 aliphatic carbocycles. The van der Waals surface area contributed by atoms with Crippen LogP contribution in [0, 0.1) is 11.3 Å². The van der Waals surface area contributed by atoms with Gasteiger partial charge in [0.2, 0.25) is 5.91 Å². The Bertz CT molecular complexity index is 866. The van der Waals surface area contributed by atoms with Crippen LogP contribution in [0.4, 0.5) is 14.5 Å². The molecular formula is C18H18F2N4O2. The monoisotopic (exact) mass is 360 g/mol. The maximum atomic E-state index is 12.5. The van der Waals surface area contributed by atoms with Crippen LogP contribution in [0.3, 0.4) is 0 Å². The summed E-state index contributed by atoms with van der Waals surface area (Å²) in [6.45, 7) is -1.14. The van der Waals surface area contributed by atoms with Crippen LogP contribution in [-0.2, 0) is 4.79 Å². The number of benzene rings is 1. The Morgan fingerprint density at radius 2 is 2.27 bits per heavy atom. The number of aromatic nitrogens is 1. The molecule has 1 aliphatic rings. The van der Waals surface area contributed by atoms with Crippen molar-refractivity contribution >= 4 is 22.5 Å². The van der Waals surface area contributed by atoms with Crippen LogP contribution < -0.4 is 9.64 Å². The minimum absolute atomic E-state index is 0.00811. The second-order valence-corrected chi connectivity index (χ2v) is 6.10. The van der Waals surface area contributed by atoms with Crippen molar-refractivity contribution in [2.24, 2.45) is 0 Å². The van der Waals surface area contributed by atoms with E-state index >= 15 is 0 Å². The third-order valence-electron chi connectivity index (χ3n) is 4.42. The summed E-state index contributed by atoms with van der Waals surface area (Å²) >= 11 is 0. The van der Waals surface area contributed by atoms with Gasteiger partial charge < -0.3 is 14.5 Å². The number of pyridine rings is 1. The largest absolute Gasteiger partial charge is 0.435 e. The van der Waals surface area contributed by atoms with Gasteiger partial charge >= 0.3 is 6.61 Å². The molecule has 0 atom stereocenters. The second-order valence-electron chi connectivity index (χ2n) is 6.10. The summed E-state index contributed by atoms with van der Waals surface area (Å²) in [7, 11) is 1.80. The van der Waals surface area contributed by atoms with Gasteiger partial charge in [-0.2, -0.15) is 14.0 Å². The lowest BCUT2D eigenvalue weighted by atomic mass is 10.1. The predicted octanol–water partition coefficient (Wildman–Crippen LogP) is 2.77. The number of nitrogens with zero attached hydrogens (tertiary/aromatic N) is 4. The smallest absolute Gasteiger partial charge is 0.387 e. The van der Waals surface area contributed by atoms with Crippen molar-refractivity contribution in [2.75, 3.05) is 31.6 Å². The molecule has 3 rings (SSSR count). The Balaban J connectivity index is 1.93. The molecule has 1 saturated heterocycles. The number of anilines is 1. The van der Waals surface area contributed by atoms with Gasteiger partial charge in [-0.25, -0.2) is 0 Å². The molecule has 2 aromatic rings. The quantitative estimate of drug-likeness (QED) is 0.792. The summed E-state index contributed by atoms with van der Waals surface area (Å²) in [6.07, 6.45) is 2.89. The summed E-state index contributed by atoms with van der Waals surface area (Å²) in [5.41, 5.74) is 1.50. The average Bonchev–Trinajstić information content (AvgIpc) is 3.03. The Hall–Kier alpha value is -2.95. The Morgan fingerprint density at radius 3 is 2.92 bits per heavy atom. The molecule has 6 nitrogen and oxygen atoms in total. The number of likely N-dealkylation sites (tertiary alicyclic amines) is 1. The fourth-order valence-electron chi connectivity index (χ4n) is 3.15. The first-order valence-corrected chi connectivity index (χ1v) is 8.26. The molecule has 0 N–H and O–H groups in total. The van der Waals surface area contributed by atoms with Crippen molar-refractivity contribution in [3.8, 4) is 11.8 Å². The highest BCUT2D eigenvalue weighted by molar-refractivity contribution is 5.95. The number of carbonyl (C=O) groups excluding carboxylic acids is 1. The lowest BCUT2D eigenvalue weighted by molar-refractivity contribution is -0.127. The van der Waals surface area contributed by atoms with Crippen molar-refractivity contribution in [3.05, 3.63) is 30.0 Å². The number of hydrogen-bond donors (Lipinski definition) is 0. The van der Waals surface area contributed by atoms with E-state index in [1.807, 2.05) is 4.90 Å². The number of likely N-dealkylation sites (N-methyl/N-ethyl adjacent to an activating group) is 1. The van der Waals surface area contributed by atoms with E-state index in [0.29, 0.717) is 41.7 Å². The Kier molecular flexibility index (Phi) is 5.16.